The Labute approximate surface area is 81.0 Å². The normalized spacial score (nSPS) is 38.5. The van der Waals surface area contributed by atoms with Gasteiger partial charge in [-0.1, -0.05) is 20.8 Å². The van der Waals surface area contributed by atoms with Crippen LogP contribution >= 0.6 is 0 Å². The van der Waals surface area contributed by atoms with Gasteiger partial charge >= 0.3 is 0 Å². The molecule has 2 fully saturated rings. The van der Waals surface area contributed by atoms with Gasteiger partial charge in [0, 0.05) is 12.6 Å². The SMILES string of the molecule is CC(C)(C)CN[C@@H]1C[C@H]2CC[C@@H]1O2. The molecule has 0 unspecified atom stereocenters. The number of ether oxygens (including phenoxy) is 1. The lowest BCUT2D eigenvalue weighted by molar-refractivity contribution is 0.0963. The largest absolute Gasteiger partial charge is 0.373 e. The maximum absolute atomic E-state index is 5.79. The lowest BCUT2D eigenvalue weighted by atomic mass is 9.92. The maximum atomic E-state index is 5.79. The Morgan fingerprint density at radius 1 is 1.31 bits per heavy atom. The second-order valence-electron chi connectivity index (χ2n) is 5.66. The van der Waals surface area contributed by atoms with Crippen LogP contribution < -0.4 is 5.32 Å². The monoisotopic (exact) mass is 183 g/mol. The Hall–Kier alpha value is -0.0800. The van der Waals surface area contributed by atoms with Gasteiger partial charge in [0.15, 0.2) is 0 Å². The first-order chi connectivity index (χ1) is 6.04. The highest BCUT2D eigenvalue weighted by Crippen LogP contribution is 2.34. The number of fused-ring (bicyclic) bond motifs is 2. The molecule has 13 heavy (non-hydrogen) atoms. The lowest BCUT2D eigenvalue weighted by Crippen LogP contribution is -2.41. The second-order valence-corrected chi connectivity index (χ2v) is 5.66. The van der Waals surface area contributed by atoms with Gasteiger partial charge in [-0.3, -0.25) is 0 Å². The van der Waals surface area contributed by atoms with Crippen molar-refractivity contribution >= 4 is 0 Å². The minimum absolute atomic E-state index is 0.391. The van der Waals surface area contributed by atoms with Crippen LogP contribution in [0.25, 0.3) is 0 Å². The topological polar surface area (TPSA) is 21.3 Å². The maximum Gasteiger partial charge on any atom is 0.0733 e. The molecule has 0 saturated carbocycles. The molecule has 3 atom stereocenters. The molecule has 2 heteroatoms. The molecular formula is C11H21NO. The zero-order valence-electron chi connectivity index (χ0n) is 8.97. The Morgan fingerprint density at radius 2 is 2.08 bits per heavy atom. The van der Waals surface area contributed by atoms with Crippen molar-refractivity contribution in [3.63, 3.8) is 0 Å². The number of nitrogens with one attached hydrogen (secondary N) is 1. The fraction of sp³-hybridized carbons (Fsp3) is 1.00. The van der Waals surface area contributed by atoms with Crippen LogP contribution in [-0.2, 0) is 4.74 Å². The third-order valence-corrected chi connectivity index (χ3v) is 3.00. The Balaban J connectivity index is 1.78. The third kappa shape index (κ3) is 2.23. The molecule has 2 rings (SSSR count). The van der Waals surface area contributed by atoms with E-state index < -0.39 is 0 Å². The molecule has 0 radical (unpaired) electrons. The minimum atomic E-state index is 0.391. The fourth-order valence-corrected chi connectivity index (χ4v) is 2.29. The molecule has 2 heterocycles. The molecule has 0 aromatic carbocycles. The van der Waals surface area contributed by atoms with E-state index in [1.807, 2.05) is 0 Å². The predicted octanol–water partition coefficient (Wildman–Crippen LogP) is 1.94. The highest BCUT2D eigenvalue weighted by molar-refractivity contribution is 4.94. The molecule has 76 valence electrons. The number of rotatable bonds is 2. The average molecular weight is 183 g/mol. The Kier molecular flexibility index (Phi) is 2.37. The van der Waals surface area contributed by atoms with E-state index in [1.165, 1.54) is 19.3 Å². The summed E-state index contributed by atoms with van der Waals surface area (Å²) < 4.78 is 5.79. The molecule has 2 aliphatic rings. The second kappa shape index (κ2) is 3.25. The van der Waals surface area contributed by atoms with Crippen LogP contribution in [0.4, 0.5) is 0 Å². The Bertz CT molecular complexity index is 185. The van der Waals surface area contributed by atoms with E-state index in [0.717, 1.165) is 6.54 Å². The van der Waals surface area contributed by atoms with Crippen molar-refractivity contribution in [2.24, 2.45) is 5.41 Å². The summed E-state index contributed by atoms with van der Waals surface area (Å²) in [5, 5.41) is 3.63. The van der Waals surface area contributed by atoms with E-state index in [-0.39, 0.29) is 0 Å². The molecule has 0 aromatic rings. The minimum Gasteiger partial charge on any atom is -0.373 e. The lowest BCUT2D eigenvalue weighted by Gasteiger charge is -2.25. The van der Waals surface area contributed by atoms with Crippen LogP contribution in [-0.4, -0.2) is 24.8 Å². The number of hydrogen-bond donors (Lipinski definition) is 1. The summed E-state index contributed by atoms with van der Waals surface area (Å²) in [6, 6.07) is 0.637. The van der Waals surface area contributed by atoms with Crippen LogP contribution in [0, 0.1) is 5.41 Å². The van der Waals surface area contributed by atoms with Crippen molar-refractivity contribution in [3.05, 3.63) is 0 Å². The molecule has 2 bridgehead atoms. The zero-order chi connectivity index (χ0) is 9.47. The van der Waals surface area contributed by atoms with Crippen molar-refractivity contribution in [3.8, 4) is 0 Å². The molecular weight excluding hydrogens is 162 g/mol. The van der Waals surface area contributed by atoms with Gasteiger partial charge in [-0.05, 0) is 24.7 Å². The van der Waals surface area contributed by atoms with Crippen LogP contribution in [0.2, 0.25) is 0 Å². The van der Waals surface area contributed by atoms with Gasteiger partial charge in [-0.25, -0.2) is 0 Å². The number of hydrogen-bond acceptors (Lipinski definition) is 2. The van der Waals surface area contributed by atoms with E-state index in [0.29, 0.717) is 23.7 Å². The molecule has 1 N–H and O–H groups in total. The van der Waals surface area contributed by atoms with E-state index in [1.54, 1.807) is 0 Å². The predicted molar refractivity (Wildman–Crippen MR) is 53.8 cm³/mol. The fourth-order valence-electron chi connectivity index (χ4n) is 2.29. The van der Waals surface area contributed by atoms with Crippen molar-refractivity contribution in [1.82, 2.24) is 5.32 Å². The van der Waals surface area contributed by atoms with Crippen molar-refractivity contribution < 1.29 is 4.74 Å². The standard InChI is InChI=1S/C11H21NO/c1-11(2,3)7-12-9-6-8-4-5-10(9)13-8/h8-10,12H,4-7H2,1-3H3/t8-,9-,10+/m1/s1. The Morgan fingerprint density at radius 3 is 2.54 bits per heavy atom. The van der Waals surface area contributed by atoms with Crippen LogP contribution in [0.15, 0.2) is 0 Å². The molecule has 2 aliphatic heterocycles. The zero-order valence-corrected chi connectivity index (χ0v) is 8.97. The summed E-state index contributed by atoms with van der Waals surface area (Å²) in [5.74, 6) is 0. The van der Waals surface area contributed by atoms with Crippen LogP contribution in [0.1, 0.15) is 40.0 Å². The van der Waals surface area contributed by atoms with Crippen LogP contribution in [0.3, 0.4) is 0 Å². The molecule has 2 saturated heterocycles. The van der Waals surface area contributed by atoms with Crippen molar-refractivity contribution in [2.75, 3.05) is 6.54 Å². The first kappa shape index (κ1) is 9.47. The quantitative estimate of drug-likeness (QED) is 0.706. The van der Waals surface area contributed by atoms with E-state index >= 15 is 0 Å². The van der Waals surface area contributed by atoms with E-state index in [2.05, 4.69) is 26.1 Å². The average Bonchev–Trinajstić information content (AvgIpc) is 2.58. The van der Waals surface area contributed by atoms with Gasteiger partial charge in [-0.15, -0.1) is 0 Å². The van der Waals surface area contributed by atoms with E-state index in [4.69, 9.17) is 4.74 Å². The summed E-state index contributed by atoms with van der Waals surface area (Å²) >= 11 is 0. The van der Waals surface area contributed by atoms with Gasteiger partial charge in [0.1, 0.15) is 0 Å². The summed E-state index contributed by atoms with van der Waals surface area (Å²) in [4.78, 5) is 0. The van der Waals surface area contributed by atoms with Gasteiger partial charge in [-0.2, -0.15) is 0 Å². The molecule has 0 aliphatic carbocycles. The van der Waals surface area contributed by atoms with Gasteiger partial charge in [0.2, 0.25) is 0 Å². The highest BCUT2D eigenvalue weighted by Gasteiger charge is 2.40. The third-order valence-electron chi connectivity index (χ3n) is 3.00. The molecule has 0 spiro atoms. The summed E-state index contributed by atoms with van der Waals surface area (Å²) in [6.07, 6.45) is 4.89. The summed E-state index contributed by atoms with van der Waals surface area (Å²) in [5.41, 5.74) is 0.391. The summed E-state index contributed by atoms with van der Waals surface area (Å²) in [7, 11) is 0. The smallest absolute Gasteiger partial charge is 0.0733 e. The highest BCUT2D eigenvalue weighted by atomic mass is 16.5. The van der Waals surface area contributed by atoms with E-state index in [9.17, 15) is 0 Å². The van der Waals surface area contributed by atoms with Gasteiger partial charge in [0.25, 0.3) is 0 Å². The first-order valence-corrected chi connectivity index (χ1v) is 5.43. The molecule has 2 nitrogen and oxygen atoms in total. The van der Waals surface area contributed by atoms with Gasteiger partial charge in [0.05, 0.1) is 12.2 Å². The van der Waals surface area contributed by atoms with Crippen molar-refractivity contribution in [2.45, 2.75) is 58.3 Å². The molecule has 0 amide bonds. The van der Waals surface area contributed by atoms with Crippen LogP contribution in [0.5, 0.6) is 0 Å². The summed E-state index contributed by atoms with van der Waals surface area (Å²) in [6.45, 7) is 7.92. The van der Waals surface area contributed by atoms with Gasteiger partial charge < -0.3 is 10.1 Å². The van der Waals surface area contributed by atoms with Crippen molar-refractivity contribution in [1.29, 1.82) is 0 Å². The first-order valence-electron chi connectivity index (χ1n) is 5.43. The molecule has 0 aromatic heterocycles.